The van der Waals surface area contributed by atoms with Crippen molar-refractivity contribution in [2.45, 2.75) is 26.1 Å². The molecule has 0 fully saturated rings. The van der Waals surface area contributed by atoms with E-state index in [1.807, 2.05) is 24.4 Å². The first kappa shape index (κ1) is 15.7. The maximum absolute atomic E-state index is 12.5. The van der Waals surface area contributed by atoms with E-state index in [-0.39, 0.29) is 11.8 Å². The summed E-state index contributed by atoms with van der Waals surface area (Å²) in [7, 11) is 1.43. The van der Waals surface area contributed by atoms with Gasteiger partial charge in [0.15, 0.2) is 11.5 Å². The molecule has 3 nitrogen and oxygen atoms in total. The van der Waals surface area contributed by atoms with Gasteiger partial charge in [-0.1, -0.05) is 18.2 Å². The first-order valence-corrected chi connectivity index (χ1v) is 7.37. The molecule has 0 aliphatic heterocycles. The molecule has 1 aromatic heterocycles. The molecule has 6 heteroatoms. The Hall–Kier alpha value is -1.66. The van der Waals surface area contributed by atoms with Crippen molar-refractivity contribution in [1.82, 2.24) is 5.32 Å². The van der Waals surface area contributed by atoms with Gasteiger partial charge < -0.3 is 14.8 Å². The number of hydrogen-bond acceptors (Lipinski definition) is 4. The molecule has 0 aliphatic rings. The van der Waals surface area contributed by atoms with Crippen LogP contribution in [0.15, 0.2) is 35.7 Å². The minimum absolute atomic E-state index is 0.0841. The molecule has 2 aromatic rings. The summed E-state index contributed by atoms with van der Waals surface area (Å²) >= 11 is 1.65. The van der Waals surface area contributed by atoms with Crippen molar-refractivity contribution >= 4 is 11.3 Å². The number of alkyl halides is 2. The van der Waals surface area contributed by atoms with Crippen LogP contribution < -0.4 is 14.8 Å². The highest BCUT2D eigenvalue weighted by Crippen LogP contribution is 2.32. The average Bonchev–Trinajstić information content (AvgIpc) is 2.99. The lowest BCUT2D eigenvalue weighted by atomic mass is 10.1. The quantitative estimate of drug-likeness (QED) is 0.830. The number of halogens is 2. The zero-order valence-corrected chi connectivity index (χ0v) is 12.6. The van der Waals surface area contributed by atoms with Gasteiger partial charge in [0, 0.05) is 23.0 Å². The highest BCUT2D eigenvalue weighted by molar-refractivity contribution is 7.10. The zero-order chi connectivity index (χ0) is 15.2. The largest absolute Gasteiger partial charge is 0.493 e. The molecule has 2 rings (SSSR count). The minimum atomic E-state index is -2.88. The molecule has 0 bridgehead atoms. The molecule has 0 saturated carbocycles. The lowest BCUT2D eigenvalue weighted by Crippen LogP contribution is -2.18. The second kappa shape index (κ2) is 7.38. The molecule has 0 unspecified atom stereocenters. The Bertz CT molecular complexity index is 561. The van der Waals surface area contributed by atoms with Crippen LogP contribution in [0.2, 0.25) is 0 Å². The molecule has 0 spiro atoms. The number of rotatable bonds is 7. The summed E-state index contributed by atoms with van der Waals surface area (Å²) in [5.41, 5.74) is 0.637. The van der Waals surface area contributed by atoms with Crippen LogP contribution in [-0.2, 0) is 6.54 Å². The number of ether oxygens (including phenoxy) is 2. The summed E-state index contributed by atoms with van der Waals surface area (Å²) < 4.78 is 34.8. The van der Waals surface area contributed by atoms with E-state index in [1.54, 1.807) is 29.5 Å². The number of hydrogen-bond donors (Lipinski definition) is 1. The van der Waals surface area contributed by atoms with Gasteiger partial charge in [-0.3, -0.25) is 0 Å². The molecule has 0 aliphatic carbocycles. The van der Waals surface area contributed by atoms with Gasteiger partial charge in [0.25, 0.3) is 0 Å². The number of thiophene rings is 1. The summed E-state index contributed by atoms with van der Waals surface area (Å²) in [4.78, 5) is 1.19. The predicted molar refractivity (Wildman–Crippen MR) is 79.2 cm³/mol. The van der Waals surface area contributed by atoms with E-state index in [0.29, 0.717) is 17.9 Å². The molecule has 0 radical (unpaired) electrons. The van der Waals surface area contributed by atoms with Crippen LogP contribution in [0.5, 0.6) is 11.5 Å². The Balaban J connectivity index is 2.11. The van der Waals surface area contributed by atoms with Gasteiger partial charge in [-0.25, -0.2) is 0 Å². The maximum Gasteiger partial charge on any atom is 0.387 e. The summed E-state index contributed by atoms with van der Waals surface area (Å²) in [6.07, 6.45) is 0. The van der Waals surface area contributed by atoms with Crippen molar-refractivity contribution in [2.24, 2.45) is 0 Å². The van der Waals surface area contributed by atoms with Crippen LogP contribution in [0.3, 0.4) is 0 Å². The normalized spacial score (nSPS) is 12.4. The summed E-state index contributed by atoms with van der Waals surface area (Å²) in [5, 5.41) is 5.30. The summed E-state index contributed by atoms with van der Waals surface area (Å²) in [5.74, 6) is 0.388. The van der Waals surface area contributed by atoms with Gasteiger partial charge in [-0.2, -0.15) is 8.78 Å². The lowest BCUT2D eigenvalue weighted by molar-refractivity contribution is -0.0518. The van der Waals surface area contributed by atoms with E-state index in [4.69, 9.17) is 4.74 Å². The molecular formula is C15H17F2NO2S. The Labute approximate surface area is 126 Å². The third-order valence-corrected chi connectivity index (χ3v) is 4.11. The van der Waals surface area contributed by atoms with Crippen molar-refractivity contribution in [3.63, 3.8) is 0 Å². The smallest absolute Gasteiger partial charge is 0.387 e. The summed E-state index contributed by atoms with van der Waals surface area (Å²) in [6.45, 7) is -0.437. The SMILES string of the molecule is COc1cccc(CN[C@H](C)c2cccs2)c1OC(F)F. The maximum atomic E-state index is 12.5. The van der Waals surface area contributed by atoms with Crippen molar-refractivity contribution in [3.05, 3.63) is 46.2 Å². The third-order valence-electron chi connectivity index (χ3n) is 3.06. The number of nitrogens with one attached hydrogen (secondary N) is 1. The molecular weight excluding hydrogens is 296 g/mol. The molecule has 1 N–H and O–H groups in total. The van der Waals surface area contributed by atoms with Crippen molar-refractivity contribution in [3.8, 4) is 11.5 Å². The summed E-state index contributed by atoms with van der Waals surface area (Å²) in [6, 6.07) is 9.25. The third kappa shape index (κ3) is 4.15. The second-order valence-electron chi connectivity index (χ2n) is 4.45. The van der Waals surface area contributed by atoms with Crippen molar-refractivity contribution < 1.29 is 18.3 Å². The number of methoxy groups -OCH3 is 1. The second-order valence-corrected chi connectivity index (χ2v) is 5.42. The zero-order valence-electron chi connectivity index (χ0n) is 11.8. The molecule has 21 heavy (non-hydrogen) atoms. The van der Waals surface area contributed by atoms with Gasteiger partial charge in [-0.05, 0) is 24.4 Å². The fourth-order valence-corrected chi connectivity index (χ4v) is 2.74. The van der Waals surface area contributed by atoms with E-state index >= 15 is 0 Å². The van der Waals surface area contributed by atoms with E-state index in [0.717, 1.165) is 0 Å². The van der Waals surface area contributed by atoms with Crippen LogP contribution in [0.25, 0.3) is 0 Å². The van der Waals surface area contributed by atoms with E-state index in [9.17, 15) is 8.78 Å². The van der Waals surface area contributed by atoms with Gasteiger partial charge in [0.05, 0.1) is 7.11 Å². The Morgan fingerprint density at radius 1 is 1.24 bits per heavy atom. The van der Waals surface area contributed by atoms with E-state index in [2.05, 4.69) is 10.1 Å². The molecule has 1 aromatic carbocycles. The van der Waals surface area contributed by atoms with Crippen LogP contribution in [0, 0.1) is 0 Å². The topological polar surface area (TPSA) is 30.5 Å². The van der Waals surface area contributed by atoms with Crippen molar-refractivity contribution in [2.75, 3.05) is 7.11 Å². The van der Waals surface area contributed by atoms with Gasteiger partial charge in [0.2, 0.25) is 0 Å². The van der Waals surface area contributed by atoms with Gasteiger partial charge in [-0.15, -0.1) is 11.3 Å². The Kier molecular flexibility index (Phi) is 5.52. The molecule has 0 amide bonds. The monoisotopic (exact) mass is 313 g/mol. The highest BCUT2D eigenvalue weighted by Gasteiger charge is 2.16. The molecule has 1 atom stereocenters. The Morgan fingerprint density at radius 3 is 2.67 bits per heavy atom. The molecule has 114 valence electrons. The van der Waals surface area contributed by atoms with Crippen LogP contribution in [0.4, 0.5) is 8.78 Å². The molecule has 1 heterocycles. The van der Waals surface area contributed by atoms with Crippen LogP contribution in [0.1, 0.15) is 23.4 Å². The van der Waals surface area contributed by atoms with E-state index in [1.165, 1.54) is 12.0 Å². The number of benzene rings is 1. The standard InChI is InChI=1S/C15H17F2NO2S/c1-10(13-7-4-8-21-13)18-9-11-5-3-6-12(19-2)14(11)20-15(16)17/h3-8,10,15,18H,9H2,1-2H3/t10-/m1/s1. The minimum Gasteiger partial charge on any atom is -0.493 e. The van der Waals surface area contributed by atoms with Crippen LogP contribution in [-0.4, -0.2) is 13.7 Å². The van der Waals surface area contributed by atoms with Crippen LogP contribution >= 0.6 is 11.3 Å². The fraction of sp³-hybridized carbons (Fsp3) is 0.333. The highest BCUT2D eigenvalue weighted by atomic mass is 32.1. The average molecular weight is 313 g/mol. The first-order chi connectivity index (χ1) is 10.1. The Morgan fingerprint density at radius 2 is 2.05 bits per heavy atom. The number of para-hydroxylation sites is 1. The predicted octanol–water partition coefficient (Wildman–Crippen LogP) is 4.21. The van der Waals surface area contributed by atoms with E-state index < -0.39 is 6.61 Å². The van der Waals surface area contributed by atoms with Gasteiger partial charge >= 0.3 is 6.61 Å². The van der Waals surface area contributed by atoms with Crippen molar-refractivity contribution in [1.29, 1.82) is 0 Å². The molecule has 0 saturated heterocycles. The van der Waals surface area contributed by atoms with Gasteiger partial charge in [0.1, 0.15) is 0 Å². The fourth-order valence-electron chi connectivity index (χ4n) is 1.99. The lowest BCUT2D eigenvalue weighted by Gasteiger charge is -2.17. The first-order valence-electron chi connectivity index (χ1n) is 6.49.